The highest BCUT2D eigenvalue weighted by molar-refractivity contribution is 7.89. The SMILES string of the molecule is CC(CNc1ccc(S(=O)(=O)N(C)C)cc1)C1CC1. The zero-order valence-corrected chi connectivity index (χ0v) is 12.6. The van der Waals surface area contributed by atoms with Crippen LogP contribution >= 0.6 is 0 Å². The molecule has 0 aliphatic heterocycles. The quantitative estimate of drug-likeness (QED) is 0.871. The lowest BCUT2D eigenvalue weighted by molar-refractivity contribution is 0.520. The molecule has 1 aromatic rings. The Bertz CT molecular complexity index is 519. The second-order valence-corrected chi connectivity index (χ2v) is 7.66. The van der Waals surface area contributed by atoms with Crippen LogP contribution in [0.25, 0.3) is 0 Å². The first-order chi connectivity index (χ1) is 8.91. The van der Waals surface area contributed by atoms with Crippen molar-refractivity contribution >= 4 is 15.7 Å². The molecule has 1 aliphatic rings. The molecule has 1 aliphatic carbocycles. The predicted octanol–water partition coefficient (Wildman–Crippen LogP) is 2.39. The Kier molecular flexibility index (Phi) is 4.16. The summed E-state index contributed by atoms with van der Waals surface area (Å²) < 4.78 is 25.1. The van der Waals surface area contributed by atoms with E-state index in [9.17, 15) is 8.42 Å². The normalized spacial score (nSPS) is 17.5. The molecule has 1 fully saturated rings. The molecule has 19 heavy (non-hydrogen) atoms. The van der Waals surface area contributed by atoms with E-state index in [2.05, 4.69) is 12.2 Å². The van der Waals surface area contributed by atoms with Gasteiger partial charge in [0.15, 0.2) is 0 Å². The fourth-order valence-corrected chi connectivity index (χ4v) is 2.97. The first kappa shape index (κ1) is 14.3. The van der Waals surface area contributed by atoms with Crippen LogP contribution in [0.15, 0.2) is 29.2 Å². The number of rotatable bonds is 6. The lowest BCUT2D eigenvalue weighted by Crippen LogP contribution is -2.22. The number of hydrogen-bond acceptors (Lipinski definition) is 3. The van der Waals surface area contributed by atoms with E-state index in [0.717, 1.165) is 18.2 Å². The second kappa shape index (κ2) is 5.51. The Labute approximate surface area is 115 Å². The molecule has 1 unspecified atom stereocenters. The summed E-state index contributed by atoms with van der Waals surface area (Å²) >= 11 is 0. The summed E-state index contributed by atoms with van der Waals surface area (Å²) in [4.78, 5) is 0.332. The molecular weight excluding hydrogens is 260 g/mol. The van der Waals surface area contributed by atoms with Gasteiger partial charge < -0.3 is 5.32 Å². The number of anilines is 1. The highest BCUT2D eigenvalue weighted by Gasteiger charge is 2.27. The first-order valence-corrected chi connectivity index (χ1v) is 8.11. The lowest BCUT2D eigenvalue weighted by atomic mass is 10.1. The molecule has 0 spiro atoms. The molecular formula is C14H22N2O2S. The van der Waals surface area contributed by atoms with E-state index < -0.39 is 10.0 Å². The molecule has 0 bridgehead atoms. The minimum atomic E-state index is -3.32. The van der Waals surface area contributed by atoms with Crippen LogP contribution in [0.1, 0.15) is 19.8 Å². The van der Waals surface area contributed by atoms with E-state index in [1.807, 2.05) is 12.1 Å². The van der Waals surface area contributed by atoms with E-state index in [0.29, 0.717) is 10.8 Å². The van der Waals surface area contributed by atoms with Gasteiger partial charge in [0.05, 0.1) is 4.90 Å². The van der Waals surface area contributed by atoms with E-state index in [-0.39, 0.29) is 0 Å². The van der Waals surface area contributed by atoms with Crippen LogP contribution in [-0.2, 0) is 10.0 Å². The van der Waals surface area contributed by atoms with E-state index in [4.69, 9.17) is 0 Å². The largest absolute Gasteiger partial charge is 0.385 e. The van der Waals surface area contributed by atoms with Gasteiger partial charge >= 0.3 is 0 Å². The third kappa shape index (κ3) is 3.48. The number of nitrogens with zero attached hydrogens (tertiary/aromatic N) is 1. The smallest absolute Gasteiger partial charge is 0.242 e. The van der Waals surface area contributed by atoms with Gasteiger partial charge in [-0.3, -0.25) is 0 Å². The summed E-state index contributed by atoms with van der Waals surface area (Å²) in [6, 6.07) is 6.96. The van der Waals surface area contributed by atoms with E-state index >= 15 is 0 Å². The maximum absolute atomic E-state index is 11.9. The van der Waals surface area contributed by atoms with Crippen LogP contribution in [0.2, 0.25) is 0 Å². The van der Waals surface area contributed by atoms with Crippen LogP contribution in [0.4, 0.5) is 5.69 Å². The molecule has 1 atom stereocenters. The number of nitrogens with one attached hydrogen (secondary N) is 1. The van der Waals surface area contributed by atoms with Crippen molar-refractivity contribution in [3.05, 3.63) is 24.3 Å². The Morgan fingerprint density at radius 1 is 1.26 bits per heavy atom. The highest BCUT2D eigenvalue weighted by Crippen LogP contribution is 2.36. The van der Waals surface area contributed by atoms with Crippen LogP contribution in [0.5, 0.6) is 0 Å². The van der Waals surface area contributed by atoms with E-state index in [1.54, 1.807) is 26.2 Å². The van der Waals surface area contributed by atoms with Gasteiger partial charge in [0.25, 0.3) is 0 Å². The number of sulfonamides is 1. The van der Waals surface area contributed by atoms with Crippen molar-refractivity contribution in [2.24, 2.45) is 11.8 Å². The summed E-state index contributed by atoms with van der Waals surface area (Å²) in [6.45, 7) is 3.21. The van der Waals surface area contributed by atoms with Crippen LogP contribution in [0, 0.1) is 11.8 Å². The minimum absolute atomic E-state index is 0.332. The third-order valence-electron chi connectivity index (χ3n) is 3.69. The van der Waals surface area contributed by atoms with Gasteiger partial charge in [-0.15, -0.1) is 0 Å². The Hall–Kier alpha value is -1.07. The van der Waals surface area contributed by atoms with Crippen molar-refractivity contribution in [3.8, 4) is 0 Å². The van der Waals surface area contributed by atoms with Crippen LogP contribution in [0.3, 0.4) is 0 Å². The van der Waals surface area contributed by atoms with Crippen LogP contribution < -0.4 is 5.32 Å². The molecule has 0 heterocycles. The fourth-order valence-electron chi connectivity index (χ4n) is 2.07. The summed E-state index contributed by atoms with van der Waals surface area (Å²) in [6.07, 6.45) is 2.70. The van der Waals surface area contributed by atoms with Gasteiger partial charge in [0, 0.05) is 26.3 Å². The van der Waals surface area contributed by atoms with Gasteiger partial charge in [-0.2, -0.15) is 0 Å². The third-order valence-corrected chi connectivity index (χ3v) is 5.52. The van der Waals surface area contributed by atoms with Gasteiger partial charge in [-0.05, 0) is 48.9 Å². The molecule has 5 heteroatoms. The standard InChI is InChI=1S/C14H22N2O2S/c1-11(12-4-5-12)10-15-13-6-8-14(9-7-13)19(17,18)16(2)3/h6-9,11-12,15H,4-5,10H2,1-3H3. The van der Waals surface area contributed by atoms with Crippen molar-refractivity contribution in [2.75, 3.05) is 26.0 Å². The van der Waals surface area contributed by atoms with Gasteiger partial charge in [-0.1, -0.05) is 6.92 Å². The van der Waals surface area contributed by atoms with Crippen molar-refractivity contribution < 1.29 is 8.42 Å². The maximum atomic E-state index is 11.9. The van der Waals surface area contributed by atoms with Gasteiger partial charge in [0.2, 0.25) is 10.0 Å². The average Bonchev–Trinajstić information content (AvgIpc) is 3.20. The van der Waals surface area contributed by atoms with Crippen molar-refractivity contribution in [2.45, 2.75) is 24.7 Å². The molecule has 106 valence electrons. The second-order valence-electron chi connectivity index (χ2n) is 5.51. The van der Waals surface area contributed by atoms with Crippen molar-refractivity contribution in [3.63, 3.8) is 0 Å². The Morgan fingerprint density at radius 2 is 1.84 bits per heavy atom. The predicted molar refractivity (Wildman–Crippen MR) is 77.7 cm³/mol. The molecule has 1 aromatic carbocycles. The molecule has 0 saturated heterocycles. The zero-order chi connectivity index (χ0) is 14.0. The zero-order valence-electron chi connectivity index (χ0n) is 11.8. The number of hydrogen-bond donors (Lipinski definition) is 1. The molecule has 2 rings (SSSR count). The minimum Gasteiger partial charge on any atom is -0.385 e. The molecule has 0 aromatic heterocycles. The van der Waals surface area contributed by atoms with Gasteiger partial charge in [-0.25, -0.2) is 12.7 Å². The Balaban J connectivity index is 1.98. The maximum Gasteiger partial charge on any atom is 0.242 e. The molecule has 0 radical (unpaired) electrons. The average molecular weight is 282 g/mol. The molecule has 1 saturated carbocycles. The van der Waals surface area contributed by atoms with Crippen molar-refractivity contribution in [1.29, 1.82) is 0 Å². The van der Waals surface area contributed by atoms with E-state index in [1.165, 1.54) is 17.1 Å². The topological polar surface area (TPSA) is 49.4 Å². The van der Waals surface area contributed by atoms with Gasteiger partial charge in [0.1, 0.15) is 0 Å². The summed E-state index contributed by atoms with van der Waals surface area (Å²) in [5.74, 6) is 1.56. The molecule has 4 nitrogen and oxygen atoms in total. The number of benzene rings is 1. The summed E-state index contributed by atoms with van der Waals surface area (Å²) in [7, 11) is -0.242. The van der Waals surface area contributed by atoms with Crippen molar-refractivity contribution in [1.82, 2.24) is 4.31 Å². The monoisotopic (exact) mass is 282 g/mol. The lowest BCUT2D eigenvalue weighted by Gasteiger charge is -2.14. The van der Waals surface area contributed by atoms with Crippen LogP contribution in [-0.4, -0.2) is 33.4 Å². The summed E-state index contributed by atoms with van der Waals surface area (Å²) in [5, 5.41) is 3.37. The molecule has 0 amide bonds. The Morgan fingerprint density at radius 3 is 2.32 bits per heavy atom. The highest BCUT2D eigenvalue weighted by atomic mass is 32.2. The summed E-state index contributed by atoms with van der Waals surface area (Å²) in [5.41, 5.74) is 0.977. The molecule has 1 N–H and O–H groups in total. The first-order valence-electron chi connectivity index (χ1n) is 6.67. The fraction of sp³-hybridized carbons (Fsp3) is 0.571.